The summed E-state index contributed by atoms with van der Waals surface area (Å²) in [6, 6.07) is 20.6. The summed E-state index contributed by atoms with van der Waals surface area (Å²) in [5, 5.41) is -0.324. The standard InChI is InChI=1S/C20H14N4.C5H5NO3S.Ca.2H/c1-2-14-10-16-5-6-18(23-16)12-20-8-7-19(24-20)11-17-4-3-15(22-17)9-13(1)21-14;7-10(8,9)5-3-1-2-4-6-5;;;/h1-12,21,24H;1-4H,(H,7,8,9);;;. The molecule has 4 aromatic heterocycles. The van der Waals surface area contributed by atoms with Crippen LogP contribution in [0.2, 0.25) is 0 Å². The van der Waals surface area contributed by atoms with Crippen LogP contribution in [-0.2, 0) is 10.1 Å². The third-order valence-electron chi connectivity index (χ3n) is 4.94. The van der Waals surface area contributed by atoms with Gasteiger partial charge >= 0.3 is 47.9 Å². The van der Waals surface area contributed by atoms with Crippen LogP contribution in [0.3, 0.4) is 0 Å². The van der Waals surface area contributed by atoms with Crippen molar-refractivity contribution in [2.24, 2.45) is 0 Å². The van der Waals surface area contributed by atoms with Crippen molar-refractivity contribution in [3.63, 3.8) is 0 Å². The molecule has 0 radical (unpaired) electrons. The molecule has 2 aliphatic heterocycles. The van der Waals surface area contributed by atoms with Gasteiger partial charge in [-0.25, -0.2) is 15.0 Å². The van der Waals surface area contributed by atoms with Gasteiger partial charge in [0.15, 0.2) is 5.03 Å². The van der Waals surface area contributed by atoms with Crippen molar-refractivity contribution in [2.75, 3.05) is 0 Å². The van der Waals surface area contributed by atoms with E-state index in [1.807, 2.05) is 48.6 Å². The van der Waals surface area contributed by atoms with Gasteiger partial charge in [-0.3, -0.25) is 4.55 Å². The van der Waals surface area contributed by atoms with E-state index in [0.29, 0.717) is 0 Å². The van der Waals surface area contributed by atoms with Crippen LogP contribution >= 0.6 is 0 Å². The van der Waals surface area contributed by atoms with E-state index in [4.69, 9.17) is 4.55 Å². The van der Waals surface area contributed by atoms with Gasteiger partial charge in [0.05, 0.1) is 22.8 Å². The average Bonchev–Trinajstić information content (AvgIpc) is 3.60. The van der Waals surface area contributed by atoms with Gasteiger partial charge in [-0.2, -0.15) is 8.42 Å². The van der Waals surface area contributed by atoms with Crippen molar-refractivity contribution in [1.29, 1.82) is 0 Å². The van der Waals surface area contributed by atoms with Crippen molar-refractivity contribution >= 4 is 94.2 Å². The third-order valence-corrected chi connectivity index (χ3v) is 5.71. The Balaban J connectivity index is 0.000000224. The normalized spacial score (nSPS) is 11.9. The first-order valence-electron chi connectivity index (χ1n) is 10.3. The predicted molar refractivity (Wildman–Crippen MR) is 141 cm³/mol. The Kier molecular flexibility index (Phi) is 7.63. The van der Waals surface area contributed by atoms with Crippen molar-refractivity contribution in [3.05, 3.63) is 95.7 Å². The second-order valence-corrected chi connectivity index (χ2v) is 8.92. The quantitative estimate of drug-likeness (QED) is 0.226. The van der Waals surface area contributed by atoms with Crippen LogP contribution in [0.15, 0.2) is 78.0 Å². The molecular weight excluding hydrogens is 490 g/mol. The molecular formula is C25H21CaN5O3S. The summed E-state index contributed by atoms with van der Waals surface area (Å²) in [5.41, 5.74) is 7.86. The summed E-state index contributed by atoms with van der Waals surface area (Å²) in [7, 11) is -4.11. The van der Waals surface area contributed by atoms with Crippen LogP contribution in [0.25, 0.3) is 46.4 Å². The molecule has 6 heterocycles. The van der Waals surface area contributed by atoms with Crippen molar-refractivity contribution in [2.45, 2.75) is 5.03 Å². The van der Waals surface area contributed by atoms with Crippen molar-refractivity contribution in [3.8, 4) is 0 Å². The molecule has 0 spiro atoms. The SMILES string of the molecule is C1=Cc2cc3ccc(cc4nc(cc5ccc(cc1n2)[nH]5)C=C4)[nH]3.O=S(=O)(O)c1ccccn1.[CaH2]. The van der Waals surface area contributed by atoms with Crippen LogP contribution in [0.4, 0.5) is 0 Å². The summed E-state index contributed by atoms with van der Waals surface area (Å²) in [5.74, 6) is 0. The van der Waals surface area contributed by atoms with E-state index in [-0.39, 0.29) is 42.8 Å². The molecule has 0 saturated heterocycles. The third kappa shape index (κ3) is 6.53. The van der Waals surface area contributed by atoms with Crippen molar-refractivity contribution in [1.82, 2.24) is 24.9 Å². The van der Waals surface area contributed by atoms with E-state index >= 15 is 0 Å². The van der Waals surface area contributed by atoms with Crippen molar-refractivity contribution < 1.29 is 13.0 Å². The van der Waals surface area contributed by atoms with Gasteiger partial charge < -0.3 is 9.97 Å². The Morgan fingerprint density at radius 3 is 1.31 bits per heavy atom. The minimum absolute atomic E-state index is 0. The zero-order valence-corrected chi connectivity index (χ0v) is 18.6. The molecule has 0 aliphatic carbocycles. The number of hydrogen-bond acceptors (Lipinski definition) is 5. The van der Waals surface area contributed by atoms with Gasteiger partial charge in [0.2, 0.25) is 0 Å². The molecule has 0 unspecified atom stereocenters. The van der Waals surface area contributed by atoms with E-state index in [2.05, 4.69) is 49.2 Å². The van der Waals surface area contributed by atoms with Gasteiger partial charge in [0, 0.05) is 28.3 Å². The number of nitrogens with one attached hydrogen (secondary N) is 2. The first-order valence-corrected chi connectivity index (χ1v) is 11.8. The van der Waals surface area contributed by atoms with Crippen LogP contribution in [0.5, 0.6) is 0 Å². The molecule has 3 N–H and O–H groups in total. The Labute approximate surface area is 231 Å². The van der Waals surface area contributed by atoms with E-state index in [1.165, 1.54) is 18.3 Å². The average molecular weight is 512 g/mol. The Morgan fingerprint density at radius 1 is 0.629 bits per heavy atom. The summed E-state index contributed by atoms with van der Waals surface area (Å²) in [6.07, 6.45) is 9.39. The van der Waals surface area contributed by atoms with Gasteiger partial charge in [0.1, 0.15) is 0 Å². The van der Waals surface area contributed by atoms with E-state index < -0.39 is 10.1 Å². The molecule has 4 aromatic rings. The van der Waals surface area contributed by atoms with Crippen LogP contribution in [-0.4, -0.2) is 75.6 Å². The summed E-state index contributed by atoms with van der Waals surface area (Å²) in [4.78, 5) is 19.4. The number of H-pyrrole nitrogens is 2. The summed E-state index contributed by atoms with van der Waals surface area (Å²) >= 11 is 0. The number of nitrogens with zero attached hydrogens (tertiary/aromatic N) is 3. The second kappa shape index (κ2) is 10.7. The number of aromatic amines is 2. The van der Waals surface area contributed by atoms with Gasteiger partial charge in [-0.05, 0) is 85.0 Å². The number of rotatable bonds is 1. The zero-order chi connectivity index (χ0) is 23.5. The fourth-order valence-corrected chi connectivity index (χ4v) is 3.89. The van der Waals surface area contributed by atoms with E-state index in [1.54, 1.807) is 6.07 Å². The van der Waals surface area contributed by atoms with E-state index in [0.717, 1.165) is 44.8 Å². The number of fused-ring (bicyclic) bond motifs is 8. The van der Waals surface area contributed by atoms with Crippen LogP contribution in [0.1, 0.15) is 22.8 Å². The molecule has 0 amide bonds. The van der Waals surface area contributed by atoms with Gasteiger partial charge in [-0.15, -0.1) is 0 Å². The molecule has 10 heteroatoms. The zero-order valence-electron chi connectivity index (χ0n) is 17.8. The molecule has 172 valence electrons. The molecule has 6 rings (SSSR count). The van der Waals surface area contributed by atoms with Crippen LogP contribution < -0.4 is 0 Å². The fourth-order valence-electron chi connectivity index (χ4n) is 3.44. The maximum atomic E-state index is 10.3. The molecule has 0 aromatic carbocycles. The number of aromatic nitrogens is 5. The summed E-state index contributed by atoms with van der Waals surface area (Å²) < 4.78 is 29.1. The molecule has 8 nitrogen and oxygen atoms in total. The monoisotopic (exact) mass is 511 g/mol. The Morgan fingerprint density at radius 2 is 1.03 bits per heavy atom. The molecule has 35 heavy (non-hydrogen) atoms. The molecule has 2 aliphatic rings. The number of pyridine rings is 1. The van der Waals surface area contributed by atoms with Gasteiger partial charge in [-0.1, -0.05) is 6.07 Å². The second-order valence-electron chi connectivity index (χ2n) is 7.55. The predicted octanol–water partition coefficient (Wildman–Crippen LogP) is 4.07. The maximum absolute atomic E-state index is 10.3. The Bertz CT molecular complexity index is 1520. The van der Waals surface area contributed by atoms with Gasteiger partial charge in [0.25, 0.3) is 0 Å². The van der Waals surface area contributed by atoms with E-state index in [9.17, 15) is 8.42 Å². The first kappa shape index (κ1) is 25.0. The van der Waals surface area contributed by atoms with Crippen LogP contribution in [0, 0.1) is 0 Å². The first-order chi connectivity index (χ1) is 16.4. The molecule has 0 atom stereocenters. The topological polar surface area (TPSA) is 125 Å². The number of hydrogen-bond donors (Lipinski definition) is 3. The Hall–Kier alpha value is -3.08. The minimum atomic E-state index is -4.11. The summed E-state index contributed by atoms with van der Waals surface area (Å²) in [6.45, 7) is 0. The molecule has 0 saturated carbocycles. The molecule has 8 bridgehead atoms. The fraction of sp³-hybridized carbons (Fsp3) is 0. The molecule has 0 fully saturated rings.